The summed E-state index contributed by atoms with van der Waals surface area (Å²) in [7, 11) is 1.68. The van der Waals surface area contributed by atoms with E-state index in [2.05, 4.69) is 65.4 Å². The van der Waals surface area contributed by atoms with E-state index in [1.807, 2.05) is 6.07 Å². The van der Waals surface area contributed by atoms with Crippen molar-refractivity contribution in [1.82, 2.24) is 5.32 Å². The minimum absolute atomic E-state index is 0.518. The molecule has 0 bridgehead atoms. The van der Waals surface area contributed by atoms with Crippen molar-refractivity contribution in [3.8, 4) is 11.5 Å². The van der Waals surface area contributed by atoms with Gasteiger partial charge in [0.05, 0.1) is 11.6 Å². The van der Waals surface area contributed by atoms with Gasteiger partial charge in [-0.2, -0.15) is 0 Å². The molecule has 0 amide bonds. The van der Waals surface area contributed by atoms with E-state index in [1.165, 1.54) is 36.8 Å². The van der Waals surface area contributed by atoms with Crippen LogP contribution in [0.25, 0.3) is 0 Å². The maximum absolute atomic E-state index is 6.02. The molecule has 0 spiro atoms. The Morgan fingerprint density at radius 2 is 1.77 bits per heavy atom. The molecule has 0 aliphatic heterocycles. The van der Waals surface area contributed by atoms with E-state index in [1.54, 1.807) is 7.11 Å². The summed E-state index contributed by atoms with van der Waals surface area (Å²) in [5.74, 6) is 1.51. The molecule has 142 valence electrons. The molecule has 0 saturated heterocycles. The third-order valence-corrected chi connectivity index (χ3v) is 4.92. The molecule has 0 aliphatic rings. The fourth-order valence-electron chi connectivity index (χ4n) is 2.76. The Bertz CT molecular complexity index is 671. The molecule has 0 saturated carbocycles. The van der Waals surface area contributed by atoms with Crippen molar-refractivity contribution in [3.05, 3.63) is 57.6 Å². The van der Waals surface area contributed by atoms with Gasteiger partial charge in [0.15, 0.2) is 11.5 Å². The fourth-order valence-corrected chi connectivity index (χ4v) is 3.37. The van der Waals surface area contributed by atoms with E-state index in [4.69, 9.17) is 9.47 Å². The Hall–Kier alpha value is -1.52. The molecule has 0 fully saturated rings. The van der Waals surface area contributed by atoms with Crippen LogP contribution in [0.3, 0.4) is 0 Å². The number of halogens is 1. The number of rotatable bonds is 11. The molecule has 0 radical (unpaired) electrons. The largest absolute Gasteiger partial charge is 0.493 e. The quantitative estimate of drug-likeness (QED) is 0.451. The maximum Gasteiger partial charge on any atom is 0.175 e. The van der Waals surface area contributed by atoms with Crippen LogP contribution >= 0.6 is 15.9 Å². The lowest BCUT2D eigenvalue weighted by Gasteiger charge is -2.15. The van der Waals surface area contributed by atoms with Crippen LogP contribution in [-0.2, 0) is 13.2 Å². The molecule has 2 aromatic carbocycles. The molecule has 4 heteroatoms. The van der Waals surface area contributed by atoms with Gasteiger partial charge in [-0.1, -0.05) is 56.0 Å². The van der Waals surface area contributed by atoms with E-state index in [0.717, 1.165) is 34.6 Å². The normalized spacial score (nSPS) is 10.8. The van der Waals surface area contributed by atoms with Crippen LogP contribution in [0.2, 0.25) is 0 Å². The van der Waals surface area contributed by atoms with Gasteiger partial charge in [0.1, 0.15) is 6.61 Å². The van der Waals surface area contributed by atoms with Gasteiger partial charge >= 0.3 is 0 Å². The van der Waals surface area contributed by atoms with Crippen molar-refractivity contribution in [1.29, 1.82) is 0 Å². The first-order chi connectivity index (χ1) is 12.6. The summed E-state index contributed by atoms with van der Waals surface area (Å²) in [6.45, 7) is 6.72. The minimum Gasteiger partial charge on any atom is -0.493 e. The van der Waals surface area contributed by atoms with Crippen molar-refractivity contribution >= 4 is 15.9 Å². The first-order valence-corrected chi connectivity index (χ1v) is 10.2. The van der Waals surface area contributed by atoms with Gasteiger partial charge < -0.3 is 14.8 Å². The lowest BCUT2D eigenvalue weighted by Crippen LogP contribution is -2.14. The van der Waals surface area contributed by atoms with Crippen molar-refractivity contribution in [2.45, 2.75) is 52.7 Å². The first kappa shape index (κ1) is 20.8. The third kappa shape index (κ3) is 6.65. The predicted octanol–water partition coefficient (Wildman–Crippen LogP) is 6.02. The highest BCUT2D eigenvalue weighted by Crippen LogP contribution is 2.37. The van der Waals surface area contributed by atoms with Gasteiger partial charge in [-0.15, -0.1) is 0 Å². The number of nitrogens with one attached hydrogen (secondary N) is 1. The van der Waals surface area contributed by atoms with E-state index < -0.39 is 0 Å². The first-order valence-electron chi connectivity index (χ1n) is 9.39. The summed E-state index contributed by atoms with van der Waals surface area (Å²) >= 11 is 3.63. The van der Waals surface area contributed by atoms with Crippen LogP contribution in [0.4, 0.5) is 0 Å². The maximum atomic E-state index is 6.02. The molecule has 2 rings (SSSR count). The van der Waals surface area contributed by atoms with Crippen molar-refractivity contribution in [3.63, 3.8) is 0 Å². The predicted molar refractivity (Wildman–Crippen MR) is 112 cm³/mol. The van der Waals surface area contributed by atoms with Crippen LogP contribution in [-0.4, -0.2) is 13.7 Å². The Balaban J connectivity index is 1.94. The smallest absolute Gasteiger partial charge is 0.175 e. The second kappa shape index (κ2) is 11.2. The summed E-state index contributed by atoms with van der Waals surface area (Å²) in [6.07, 6.45) is 5.11. The van der Waals surface area contributed by atoms with Gasteiger partial charge in [0.2, 0.25) is 0 Å². The number of hydrogen-bond acceptors (Lipinski definition) is 3. The van der Waals surface area contributed by atoms with Gasteiger partial charge in [0.25, 0.3) is 0 Å². The minimum atomic E-state index is 0.518. The number of hydrogen-bond donors (Lipinski definition) is 1. The topological polar surface area (TPSA) is 30.5 Å². The molecule has 2 aromatic rings. The average Bonchev–Trinajstić information content (AvgIpc) is 2.64. The average molecular weight is 420 g/mol. The molecular formula is C22H30BrNO2. The lowest BCUT2D eigenvalue weighted by atomic mass is 10.1. The zero-order valence-electron chi connectivity index (χ0n) is 16.1. The number of unbranched alkanes of at least 4 members (excludes halogenated alkanes) is 3. The molecule has 0 aliphatic carbocycles. The highest BCUT2D eigenvalue weighted by atomic mass is 79.9. The highest BCUT2D eigenvalue weighted by molar-refractivity contribution is 9.10. The van der Waals surface area contributed by atoms with Crippen LogP contribution in [0.5, 0.6) is 11.5 Å². The van der Waals surface area contributed by atoms with E-state index >= 15 is 0 Å². The van der Waals surface area contributed by atoms with E-state index in [9.17, 15) is 0 Å². The van der Waals surface area contributed by atoms with Crippen LogP contribution in [0.15, 0.2) is 40.9 Å². The second-order valence-electron chi connectivity index (χ2n) is 6.62. The number of benzene rings is 2. The Morgan fingerprint density at radius 3 is 2.46 bits per heavy atom. The van der Waals surface area contributed by atoms with Crippen molar-refractivity contribution < 1.29 is 9.47 Å². The number of methoxy groups -OCH3 is 1. The molecule has 3 nitrogen and oxygen atoms in total. The van der Waals surface area contributed by atoms with Crippen LogP contribution < -0.4 is 14.8 Å². The molecule has 26 heavy (non-hydrogen) atoms. The zero-order chi connectivity index (χ0) is 18.8. The standard InChI is InChI=1S/C22H30BrNO2/c1-4-5-6-7-12-24-15-19-13-20(23)22(21(14-19)25-3)26-16-18-10-8-17(2)9-11-18/h8-11,13-14,24H,4-7,12,15-16H2,1-3H3. The Morgan fingerprint density at radius 1 is 1.00 bits per heavy atom. The highest BCUT2D eigenvalue weighted by Gasteiger charge is 2.12. The summed E-state index contributed by atoms with van der Waals surface area (Å²) in [5, 5.41) is 3.50. The van der Waals surface area contributed by atoms with E-state index in [-0.39, 0.29) is 0 Å². The third-order valence-electron chi connectivity index (χ3n) is 4.33. The van der Waals surface area contributed by atoms with Gasteiger partial charge in [0, 0.05) is 6.54 Å². The number of ether oxygens (including phenoxy) is 2. The summed E-state index contributed by atoms with van der Waals surface area (Å²) < 4.78 is 12.5. The Kier molecular flexibility index (Phi) is 8.99. The summed E-state index contributed by atoms with van der Waals surface area (Å²) in [4.78, 5) is 0. The summed E-state index contributed by atoms with van der Waals surface area (Å²) in [5.41, 5.74) is 3.58. The zero-order valence-corrected chi connectivity index (χ0v) is 17.7. The SMILES string of the molecule is CCCCCCNCc1cc(Br)c(OCc2ccc(C)cc2)c(OC)c1. The lowest BCUT2D eigenvalue weighted by molar-refractivity contribution is 0.282. The van der Waals surface area contributed by atoms with Gasteiger partial charge in [-0.25, -0.2) is 0 Å². The summed E-state index contributed by atoms with van der Waals surface area (Å²) in [6, 6.07) is 12.5. The van der Waals surface area contributed by atoms with Crippen LogP contribution in [0, 0.1) is 6.92 Å². The molecule has 0 atom stereocenters. The van der Waals surface area contributed by atoms with Gasteiger partial charge in [-0.05, 0) is 59.1 Å². The van der Waals surface area contributed by atoms with Crippen molar-refractivity contribution in [2.75, 3.05) is 13.7 Å². The molecular weight excluding hydrogens is 390 g/mol. The second-order valence-corrected chi connectivity index (χ2v) is 7.48. The molecule has 0 aromatic heterocycles. The molecule has 0 unspecified atom stereocenters. The van der Waals surface area contributed by atoms with Crippen molar-refractivity contribution in [2.24, 2.45) is 0 Å². The Labute approximate surface area is 166 Å². The van der Waals surface area contributed by atoms with Gasteiger partial charge in [-0.3, -0.25) is 0 Å². The molecule has 1 N–H and O–H groups in total. The van der Waals surface area contributed by atoms with Crippen LogP contribution in [0.1, 0.15) is 49.3 Å². The number of aryl methyl sites for hydroxylation is 1. The van der Waals surface area contributed by atoms with E-state index in [0.29, 0.717) is 6.61 Å². The monoisotopic (exact) mass is 419 g/mol. The molecule has 0 heterocycles. The fraction of sp³-hybridized carbons (Fsp3) is 0.455.